The zero-order valence-corrected chi connectivity index (χ0v) is 18.7. The maximum absolute atomic E-state index is 6.45. The molecule has 1 heterocycles. The smallest absolute Gasteiger partial charge is 0.207 e. The molecule has 1 aliphatic carbocycles. The van der Waals surface area contributed by atoms with Gasteiger partial charge in [-0.1, -0.05) is 95.0 Å². The zero-order valence-electron chi connectivity index (χ0n) is 18.7. The van der Waals surface area contributed by atoms with Crippen LogP contribution in [0.15, 0.2) is 52.9 Å². The first-order valence-electron chi connectivity index (χ1n) is 12.3. The fourth-order valence-corrected chi connectivity index (χ4v) is 5.05. The van der Waals surface area contributed by atoms with Crippen LogP contribution in [0.2, 0.25) is 0 Å². The Labute approximate surface area is 182 Å². The van der Waals surface area contributed by atoms with Crippen LogP contribution in [0.4, 0.5) is 0 Å². The third kappa shape index (κ3) is 4.94. The van der Waals surface area contributed by atoms with Crippen molar-refractivity contribution in [2.24, 2.45) is 0 Å². The van der Waals surface area contributed by atoms with Gasteiger partial charge in [0.2, 0.25) is 0 Å². The molecule has 0 saturated heterocycles. The predicted molar refractivity (Wildman–Crippen MR) is 129 cm³/mol. The van der Waals surface area contributed by atoms with Gasteiger partial charge >= 0.3 is 11.3 Å². The van der Waals surface area contributed by atoms with Crippen LogP contribution in [0.25, 0.3) is 22.3 Å². The fourth-order valence-electron chi connectivity index (χ4n) is 5.05. The van der Waals surface area contributed by atoms with Gasteiger partial charge in [0.25, 0.3) is 0 Å². The monoisotopic (exact) mass is 401 g/mol. The van der Waals surface area contributed by atoms with E-state index in [1.54, 1.807) is 5.56 Å². The predicted octanol–water partition coefficient (Wildman–Crippen LogP) is 8.94. The highest BCUT2D eigenvalue weighted by Crippen LogP contribution is 2.39. The molecule has 0 spiro atoms. The van der Waals surface area contributed by atoms with E-state index < -0.39 is 0 Å². The molecule has 0 amide bonds. The number of aryl methyl sites for hydroxylation is 2. The number of rotatable bonds is 11. The van der Waals surface area contributed by atoms with Gasteiger partial charge in [0.15, 0.2) is 0 Å². The lowest BCUT2D eigenvalue weighted by Gasteiger charge is -2.16. The van der Waals surface area contributed by atoms with E-state index in [1.807, 2.05) is 0 Å². The largest absolute Gasteiger partial charge is 0.364 e. The Bertz CT molecular complexity index is 956. The van der Waals surface area contributed by atoms with Crippen LogP contribution in [0, 0.1) is 0 Å². The summed E-state index contributed by atoms with van der Waals surface area (Å²) in [5, 5.41) is 1.33. The average molecular weight is 402 g/mol. The molecule has 0 atom stereocenters. The molecule has 0 aliphatic heterocycles. The van der Waals surface area contributed by atoms with Crippen molar-refractivity contribution in [3.8, 4) is 11.3 Å². The van der Waals surface area contributed by atoms with E-state index in [9.17, 15) is 0 Å². The second-order valence-corrected chi connectivity index (χ2v) is 8.97. The minimum absolute atomic E-state index is 1.04. The Morgan fingerprint density at radius 2 is 1.37 bits per heavy atom. The molecule has 0 N–H and O–H groups in total. The number of para-hydroxylation sites is 1. The maximum Gasteiger partial charge on any atom is 0.364 e. The molecular weight excluding hydrogens is 364 g/mol. The van der Waals surface area contributed by atoms with Crippen molar-refractivity contribution in [1.82, 2.24) is 0 Å². The topological polar surface area (TPSA) is 11.3 Å². The quantitative estimate of drug-likeness (QED) is 0.230. The lowest BCUT2D eigenvalue weighted by molar-refractivity contribution is 0.555. The Kier molecular flexibility index (Phi) is 7.56. The molecule has 1 nitrogen and oxygen atoms in total. The first kappa shape index (κ1) is 21.1. The van der Waals surface area contributed by atoms with Crippen LogP contribution in [0.3, 0.4) is 0 Å². The summed E-state index contributed by atoms with van der Waals surface area (Å²) in [6, 6.07) is 17.4. The van der Waals surface area contributed by atoms with E-state index >= 15 is 0 Å². The summed E-state index contributed by atoms with van der Waals surface area (Å²) in [5.41, 5.74) is 6.77. The highest BCUT2D eigenvalue weighted by Gasteiger charge is 2.30. The van der Waals surface area contributed by atoms with E-state index in [1.165, 1.54) is 92.7 Å². The Hall–Kier alpha value is -2.15. The van der Waals surface area contributed by atoms with Crippen molar-refractivity contribution in [3.63, 3.8) is 0 Å². The molecule has 0 bridgehead atoms. The molecule has 0 fully saturated rings. The van der Waals surface area contributed by atoms with E-state index in [4.69, 9.17) is 4.42 Å². The standard InChI is InChI=1S/C29H37O/c1-2-3-4-5-6-7-8-9-10-11-18-25-26-19-14-15-20-28(26)30-29-24-17-13-12-16-23(24)21-22-27(25)29/h12-17,19-20H,2-11,18,21-22H2,1H3/q+1. The molecule has 0 saturated carbocycles. The van der Waals surface area contributed by atoms with Gasteiger partial charge in [-0.05, 0) is 48.9 Å². The fraction of sp³-hybridized carbons (Fsp3) is 0.483. The molecule has 1 aliphatic rings. The lowest BCUT2D eigenvalue weighted by Crippen LogP contribution is -2.08. The summed E-state index contributed by atoms with van der Waals surface area (Å²) in [6.45, 7) is 2.29. The minimum atomic E-state index is 1.04. The van der Waals surface area contributed by atoms with Gasteiger partial charge in [-0.3, -0.25) is 0 Å². The van der Waals surface area contributed by atoms with Crippen LogP contribution in [0.5, 0.6) is 0 Å². The van der Waals surface area contributed by atoms with Crippen LogP contribution >= 0.6 is 0 Å². The third-order valence-electron chi connectivity index (χ3n) is 6.75. The number of benzene rings is 2. The van der Waals surface area contributed by atoms with Crippen molar-refractivity contribution in [2.75, 3.05) is 0 Å². The summed E-state index contributed by atoms with van der Waals surface area (Å²) in [7, 11) is 0. The van der Waals surface area contributed by atoms with E-state index in [-0.39, 0.29) is 0 Å². The van der Waals surface area contributed by atoms with Crippen molar-refractivity contribution >= 4 is 11.0 Å². The molecule has 0 unspecified atom stereocenters. The molecular formula is C29H37O+. The first-order valence-corrected chi connectivity index (χ1v) is 12.3. The van der Waals surface area contributed by atoms with Crippen LogP contribution in [0.1, 0.15) is 87.8 Å². The zero-order chi connectivity index (χ0) is 20.6. The summed E-state index contributed by atoms with van der Waals surface area (Å²) in [5.74, 6) is 1.12. The van der Waals surface area contributed by atoms with E-state index in [0.29, 0.717) is 0 Å². The third-order valence-corrected chi connectivity index (χ3v) is 6.75. The highest BCUT2D eigenvalue weighted by molar-refractivity contribution is 5.86. The number of hydrogen-bond donors (Lipinski definition) is 0. The second-order valence-electron chi connectivity index (χ2n) is 8.97. The van der Waals surface area contributed by atoms with E-state index in [2.05, 4.69) is 55.5 Å². The first-order chi connectivity index (χ1) is 14.9. The second kappa shape index (κ2) is 10.8. The summed E-state index contributed by atoms with van der Waals surface area (Å²) in [6.07, 6.45) is 17.3. The molecule has 30 heavy (non-hydrogen) atoms. The molecule has 3 aromatic rings. The highest BCUT2D eigenvalue weighted by atomic mass is 16.3. The van der Waals surface area contributed by atoms with Gasteiger partial charge in [0.1, 0.15) is 0 Å². The summed E-state index contributed by atoms with van der Waals surface area (Å²) < 4.78 is 6.45. The molecule has 1 heteroatoms. The summed E-state index contributed by atoms with van der Waals surface area (Å²) >= 11 is 0. The van der Waals surface area contributed by atoms with E-state index in [0.717, 1.165) is 24.2 Å². The summed E-state index contributed by atoms with van der Waals surface area (Å²) in [4.78, 5) is 0. The minimum Gasteiger partial charge on any atom is -0.207 e. The van der Waals surface area contributed by atoms with Crippen molar-refractivity contribution in [3.05, 3.63) is 65.2 Å². The van der Waals surface area contributed by atoms with Crippen LogP contribution in [-0.2, 0) is 19.3 Å². The lowest BCUT2D eigenvalue weighted by atomic mass is 9.85. The molecule has 1 aromatic heterocycles. The Morgan fingerprint density at radius 3 is 2.17 bits per heavy atom. The number of hydrogen-bond acceptors (Lipinski definition) is 0. The van der Waals surface area contributed by atoms with Crippen LogP contribution < -0.4 is 0 Å². The molecule has 0 radical (unpaired) electrons. The van der Waals surface area contributed by atoms with Gasteiger partial charge in [0, 0.05) is 6.07 Å². The van der Waals surface area contributed by atoms with Gasteiger partial charge in [0.05, 0.1) is 16.5 Å². The average Bonchev–Trinajstić information content (AvgIpc) is 2.79. The molecule has 4 rings (SSSR count). The maximum atomic E-state index is 6.45. The normalized spacial score (nSPS) is 12.7. The van der Waals surface area contributed by atoms with Gasteiger partial charge in [-0.15, -0.1) is 0 Å². The Balaban J connectivity index is 1.41. The Morgan fingerprint density at radius 1 is 0.700 bits per heavy atom. The van der Waals surface area contributed by atoms with Gasteiger partial charge < -0.3 is 0 Å². The SMILES string of the molecule is CCCCCCCCCCCCc1c2c([o+]c3ccccc13)-c1ccccc1CC2. The van der Waals surface area contributed by atoms with Crippen molar-refractivity contribution in [2.45, 2.75) is 90.4 Å². The van der Waals surface area contributed by atoms with Crippen molar-refractivity contribution in [1.29, 1.82) is 0 Å². The number of unbranched alkanes of at least 4 members (excludes halogenated alkanes) is 9. The van der Waals surface area contributed by atoms with Gasteiger partial charge in [-0.2, -0.15) is 0 Å². The number of fused-ring (bicyclic) bond motifs is 4. The van der Waals surface area contributed by atoms with Crippen LogP contribution in [-0.4, -0.2) is 0 Å². The molecule has 158 valence electrons. The van der Waals surface area contributed by atoms with Gasteiger partial charge in [-0.25, -0.2) is 4.42 Å². The van der Waals surface area contributed by atoms with Crippen molar-refractivity contribution < 1.29 is 4.42 Å². The molecule has 2 aromatic carbocycles.